The van der Waals surface area contributed by atoms with Crippen molar-refractivity contribution in [2.45, 2.75) is 19.3 Å². The van der Waals surface area contributed by atoms with E-state index in [2.05, 4.69) is 27.6 Å². The SMILES string of the molecule is CN=C(NCC1CCCN(C)C1)Nc1ccc2c(c1)OCCCO2.I. The first-order valence-electron chi connectivity index (χ1n) is 8.80. The predicted molar refractivity (Wildman–Crippen MR) is 113 cm³/mol. The van der Waals surface area contributed by atoms with Gasteiger partial charge in [0.15, 0.2) is 17.5 Å². The van der Waals surface area contributed by atoms with Crippen LogP contribution in [-0.4, -0.2) is 57.8 Å². The highest BCUT2D eigenvalue weighted by Crippen LogP contribution is 2.32. The molecular weight excluding hydrogens is 431 g/mol. The van der Waals surface area contributed by atoms with Gasteiger partial charge < -0.3 is 25.0 Å². The van der Waals surface area contributed by atoms with Crippen LogP contribution in [0.5, 0.6) is 11.5 Å². The minimum absolute atomic E-state index is 0. The number of nitrogens with one attached hydrogen (secondary N) is 2. The summed E-state index contributed by atoms with van der Waals surface area (Å²) in [6.07, 6.45) is 3.46. The zero-order valence-corrected chi connectivity index (χ0v) is 17.4. The Kier molecular flexibility index (Phi) is 8.08. The van der Waals surface area contributed by atoms with E-state index in [0.717, 1.165) is 42.7 Å². The minimum atomic E-state index is 0. The van der Waals surface area contributed by atoms with Gasteiger partial charge in [-0.05, 0) is 44.5 Å². The minimum Gasteiger partial charge on any atom is -0.490 e. The van der Waals surface area contributed by atoms with E-state index in [0.29, 0.717) is 19.1 Å². The summed E-state index contributed by atoms with van der Waals surface area (Å²) in [6.45, 7) is 4.70. The van der Waals surface area contributed by atoms with Gasteiger partial charge in [0, 0.05) is 38.3 Å². The number of rotatable bonds is 3. The summed E-state index contributed by atoms with van der Waals surface area (Å²) in [5, 5.41) is 6.78. The molecule has 0 bridgehead atoms. The molecule has 0 aromatic heterocycles. The van der Waals surface area contributed by atoms with Gasteiger partial charge in [0.2, 0.25) is 0 Å². The fourth-order valence-electron chi connectivity index (χ4n) is 3.24. The second-order valence-corrected chi connectivity index (χ2v) is 6.56. The maximum atomic E-state index is 5.74. The number of ether oxygens (including phenoxy) is 2. The van der Waals surface area contributed by atoms with E-state index < -0.39 is 0 Å². The van der Waals surface area contributed by atoms with Gasteiger partial charge in [0.1, 0.15) is 0 Å². The van der Waals surface area contributed by atoms with E-state index in [9.17, 15) is 0 Å². The Morgan fingerprint density at radius 3 is 2.80 bits per heavy atom. The molecule has 0 radical (unpaired) electrons. The molecule has 0 aliphatic carbocycles. The van der Waals surface area contributed by atoms with Crippen molar-refractivity contribution in [1.82, 2.24) is 10.2 Å². The molecule has 7 heteroatoms. The molecule has 1 saturated heterocycles. The number of aliphatic imine (C=N–C) groups is 1. The number of nitrogens with zero attached hydrogens (tertiary/aromatic N) is 2. The molecular formula is C18H29IN4O2. The zero-order chi connectivity index (χ0) is 16.8. The fourth-order valence-corrected chi connectivity index (χ4v) is 3.24. The van der Waals surface area contributed by atoms with Gasteiger partial charge in [0.25, 0.3) is 0 Å². The van der Waals surface area contributed by atoms with Crippen LogP contribution in [0.1, 0.15) is 19.3 Å². The lowest BCUT2D eigenvalue weighted by atomic mass is 9.99. The Balaban J connectivity index is 0.00000225. The predicted octanol–water partition coefficient (Wildman–Crippen LogP) is 2.80. The standard InChI is InChI=1S/C18H28N4O2.HI/c1-19-18(20-12-14-5-3-8-22(2)13-14)21-15-6-7-16-17(11-15)24-10-4-9-23-16;/h6-7,11,14H,3-5,8-10,12-13H2,1-2H3,(H2,19,20,21);1H. The largest absolute Gasteiger partial charge is 0.490 e. The molecule has 25 heavy (non-hydrogen) atoms. The summed E-state index contributed by atoms with van der Waals surface area (Å²) in [7, 11) is 3.99. The van der Waals surface area contributed by atoms with E-state index >= 15 is 0 Å². The zero-order valence-electron chi connectivity index (χ0n) is 15.1. The van der Waals surface area contributed by atoms with Gasteiger partial charge in [-0.25, -0.2) is 0 Å². The lowest BCUT2D eigenvalue weighted by Gasteiger charge is -2.30. The second kappa shape index (κ2) is 10.1. The van der Waals surface area contributed by atoms with Crippen LogP contribution in [0.25, 0.3) is 0 Å². The van der Waals surface area contributed by atoms with Crippen molar-refractivity contribution in [3.63, 3.8) is 0 Å². The smallest absolute Gasteiger partial charge is 0.195 e. The molecule has 0 amide bonds. The molecule has 1 fully saturated rings. The van der Waals surface area contributed by atoms with E-state index in [1.54, 1.807) is 7.05 Å². The average Bonchev–Trinajstić information content (AvgIpc) is 2.83. The highest BCUT2D eigenvalue weighted by atomic mass is 127. The molecule has 1 atom stereocenters. The third-order valence-corrected chi connectivity index (χ3v) is 4.51. The Hall–Kier alpha value is -1.22. The number of guanidine groups is 1. The molecule has 2 aliphatic heterocycles. The molecule has 1 aromatic carbocycles. The van der Waals surface area contributed by atoms with Crippen molar-refractivity contribution in [2.24, 2.45) is 10.9 Å². The molecule has 3 rings (SSSR count). The second-order valence-electron chi connectivity index (χ2n) is 6.56. The molecule has 1 aromatic rings. The van der Waals surface area contributed by atoms with Crippen LogP contribution in [0.15, 0.2) is 23.2 Å². The van der Waals surface area contributed by atoms with Crippen molar-refractivity contribution in [1.29, 1.82) is 0 Å². The number of hydrogen-bond donors (Lipinski definition) is 2. The van der Waals surface area contributed by atoms with Gasteiger partial charge in [-0.1, -0.05) is 0 Å². The van der Waals surface area contributed by atoms with Crippen molar-refractivity contribution in [2.75, 3.05) is 52.3 Å². The summed E-state index contributed by atoms with van der Waals surface area (Å²) in [5.74, 6) is 3.07. The molecule has 2 aliphatic rings. The van der Waals surface area contributed by atoms with E-state index in [1.165, 1.54) is 19.4 Å². The number of halogens is 1. The highest BCUT2D eigenvalue weighted by molar-refractivity contribution is 14.0. The molecule has 2 N–H and O–H groups in total. The number of fused-ring (bicyclic) bond motifs is 1. The Morgan fingerprint density at radius 2 is 2.04 bits per heavy atom. The number of hydrogen-bond acceptors (Lipinski definition) is 4. The first-order chi connectivity index (χ1) is 11.7. The van der Waals surface area contributed by atoms with Crippen LogP contribution in [0.4, 0.5) is 5.69 Å². The Bertz CT molecular complexity index is 582. The van der Waals surface area contributed by atoms with Crippen LogP contribution in [0.2, 0.25) is 0 Å². The quantitative estimate of drug-likeness (QED) is 0.413. The Labute approximate surface area is 167 Å². The van der Waals surface area contributed by atoms with Crippen LogP contribution in [0, 0.1) is 5.92 Å². The highest BCUT2D eigenvalue weighted by Gasteiger charge is 2.17. The molecule has 2 heterocycles. The Morgan fingerprint density at radius 1 is 1.24 bits per heavy atom. The lowest BCUT2D eigenvalue weighted by Crippen LogP contribution is -2.41. The molecule has 6 nitrogen and oxygen atoms in total. The van der Waals surface area contributed by atoms with Crippen molar-refractivity contribution in [3.8, 4) is 11.5 Å². The topological polar surface area (TPSA) is 58.1 Å². The molecule has 0 saturated carbocycles. The number of piperidine rings is 1. The van der Waals surface area contributed by atoms with Crippen LogP contribution in [-0.2, 0) is 0 Å². The van der Waals surface area contributed by atoms with Gasteiger partial charge in [-0.15, -0.1) is 24.0 Å². The summed E-state index contributed by atoms with van der Waals surface area (Å²) in [4.78, 5) is 6.72. The van der Waals surface area contributed by atoms with E-state index in [-0.39, 0.29) is 24.0 Å². The van der Waals surface area contributed by atoms with Gasteiger partial charge in [0.05, 0.1) is 13.2 Å². The van der Waals surface area contributed by atoms with Crippen molar-refractivity contribution in [3.05, 3.63) is 18.2 Å². The summed E-state index contributed by atoms with van der Waals surface area (Å²) in [6, 6.07) is 5.92. The van der Waals surface area contributed by atoms with E-state index in [1.807, 2.05) is 18.2 Å². The first-order valence-corrected chi connectivity index (χ1v) is 8.80. The normalized spacial score (nSPS) is 21.0. The first kappa shape index (κ1) is 20.1. The van der Waals surface area contributed by atoms with Crippen molar-refractivity contribution >= 4 is 35.6 Å². The summed E-state index contributed by atoms with van der Waals surface area (Å²) < 4.78 is 11.4. The fraction of sp³-hybridized carbons (Fsp3) is 0.611. The summed E-state index contributed by atoms with van der Waals surface area (Å²) >= 11 is 0. The van der Waals surface area contributed by atoms with Crippen LogP contribution < -0.4 is 20.1 Å². The van der Waals surface area contributed by atoms with Gasteiger partial charge in [-0.2, -0.15) is 0 Å². The monoisotopic (exact) mass is 460 g/mol. The third kappa shape index (κ3) is 5.91. The maximum Gasteiger partial charge on any atom is 0.195 e. The average molecular weight is 460 g/mol. The maximum absolute atomic E-state index is 5.74. The number of benzene rings is 1. The van der Waals surface area contributed by atoms with Gasteiger partial charge in [-0.3, -0.25) is 4.99 Å². The van der Waals surface area contributed by atoms with Crippen LogP contribution in [0.3, 0.4) is 0 Å². The molecule has 0 spiro atoms. The number of likely N-dealkylation sites (tertiary alicyclic amines) is 1. The summed E-state index contributed by atoms with van der Waals surface area (Å²) in [5.41, 5.74) is 0.952. The lowest BCUT2D eigenvalue weighted by molar-refractivity contribution is 0.211. The third-order valence-electron chi connectivity index (χ3n) is 4.51. The number of anilines is 1. The molecule has 1 unspecified atom stereocenters. The van der Waals surface area contributed by atoms with Crippen molar-refractivity contribution < 1.29 is 9.47 Å². The van der Waals surface area contributed by atoms with E-state index in [4.69, 9.17) is 9.47 Å². The molecule has 140 valence electrons. The van der Waals surface area contributed by atoms with Gasteiger partial charge >= 0.3 is 0 Å². The van der Waals surface area contributed by atoms with Crippen LogP contribution >= 0.6 is 24.0 Å².